The SMILES string of the molecule is CC(C(=O)N(C)c1ccc(OCC(=O)O)cc1)C(C)(C)C. The largest absolute Gasteiger partial charge is 0.482 e. The van der Waals surface area contributed by atoms with Crippen molar-refractivity contribution >= 4 is 17.6 Å². The minimum absolute atomic E-state index is 0.0432. The molecule has 1 rings (SSSR count). The summed E-state index contributed by atoms with van der Waals surface area (Å²) >= 11 is 0. The number of benzene rings is 1. The van der Waals surface area contributed by atoms with Crippen LogP contribution >= 0.6 is 0 Å². The van der Waals surface area contributed by atoms with Crippen molar-refractivity contribution in [1.29, 1.82) is 0 Å². The van der Waals surface area contributed by atoms with Crippen LogP contribution in [0, 0.1) is 11.3 Å². The van der Waals surface area contributed by atoms with Crippen molar-refractivity contribution in [1.82, 2.24) is 0 Å². The van der Waals surface area contributed by atoms with Gasteiger partial charge in [-0.25, -0.2) is 4.79 Å². The zero-order chi connectivity index (χ0) is 16.2. The maximum absolute atomic E-state index is 12.4. The molecule has 1 amide bonds. The molecule has 21 heavy (non-hydrogen) atoms. The van der Waals surface area contributed by atoms with E-state index in [0.717, 1.165) is 5.69 Å². The Kier molecular flexibility index (Phi) is 5.35. The van der Waals surface area contributed by atoms with Crippen molar-refractivity contribution < 1.29 is 19.4 Å². The smallest absolute Gasteiger partial charge is 0.341 e. The molecule has 0 saturated carbocycles. The van der Waals surface area contributed by atoms with Crippen LogP contribution < -0.4 is 9.64 Å². The molecule has 0 aromatic heterocycles. The maximum atomic E-state index is 12.4. The number of carboxylic acid groups (broad SMARTS) is 1. The first-order chi connectivity index (χ1) is 9.62. The summed E-state index contributed by atoms with van der Waals surface area (Å²) in [6, 6.07) is 6.79. The first kappa shape index (κ1) is 17.0. The fourth-order valence-corrected chi connectivity index (χ4v) is 1.70. The van der Waals surface area contributed by atoms with E-state index in [1.807, 2.05) is 27.7 Å². The Morgan fingerprint density at radius 2 is 1.76 bits per heavy atom. The Hall–Kier alpha value is -2.04. The van der Waals surface area contributed by atoms with Crippen LogP contribution in [0.1, 0.15) is 27.7 Å². The average Bonchev–Trinajstić information content (AvgIpc) is 2.42. The first-order valence-corrected chi connectivity index (χ1v) is 6.85. The van der Waals surface area contributed by atoms with Gasteiger partial charge in [0, 0.05) is 18.7 Å². The van der Waals surface area contributed by atoms with Crippen LogP contribution in [0.4, 0.5) is 5.69 Å². The Morgan fingerprint density at radius 3 is 2.19 bits per heavy atom. The summed E-state index contributed by atoms with van der Waals surface area (Å²) in [5.74, 6) is -0.622. The summed E-state index contributed by atoms with van der Waals surface area (Å²) < 4.78 is 5.06. The van der Waals surface area contributed by atoms with E-state index in [4.69, 9.17) is 9.84 Å². The molecule has 0 saturated heterocycles. The summed E-state index contributed by atoms with van der Waals surface area (Å²) in [6.07, 6.45) is 0. The molecule has 0 radical (unpaired) electrons. The summed E-state index contributed by atoms with van der Waals surface area (Å²) in [7, 11) is 1.73. The standard InChI is InChI=1S/C16H23NO4/c1-11(16(2,3)4)15(20)17(5)12-6-8-13(9-7-12)21-10-14(18)19/h6-9,11H,10H2,1-5H3,(H,18,19). The van der Waals surface area contributed by atoms with Gasteiger partial charge in [-0.3, -0.25) is 4.79 Å². The molecule has 5 nitrogen and oxygen atoms in total. The van der Waals surface area contributed by atoms with Gasteiger partial charge in [-0.1, -0.05) is 27.7 Å². The lowest BCUT2D eigenvalue weighted by molar-refractivity contribution is -0.139. The highest BCUT2D eigenvalue weighted by Crippen LogP contribution is 2.28. The van der Waals surface area contributed by atoms with E-state index >= 15 is 0 Å². The molecule has 0 heterocycles. The molecule has 0 fully saturated rings. The quantitative estimate of drug-likeness (QED) is 0.906. The second-order valence-corrected chi connectivity index (χ2v) is 6.16. The fourth-order valence-electron chi connectivity index (χ4n) is 1.70. The number of aliphatic carboxylic acids is 1. The lowest BCUT2D eigenvalue weighted by Gasteiger charge is -2.30. The topological polar surface area (TPSA) is 66.8 Å². The third kappa shape index (κ3) is 4.77. The molecule has 5 heteroatoms. The predicted molar refractivity (Wildman–Crippen MR) is 81.6 cm³/mol. The highest BCUT2D eigenvalue weighted by Gasteiger charge is 2.29. The molecule has 1 N–H and O–H groups in total. The average molecular weight is 293 g/mol. The van der Waals surface area contributed by atoms with Crippen molar-refractivity contribution in [3.8, 4) is 5.75 Å². The molecule has 116 valence electrons. The van der Waals surface area contributed by atoms with Gasteiger partial charge < -0.3 is 14.7 Å². The van der Waals surface area contributed by atoms with Crippen molar-refractivity contribution in [2.24, 2.45) is 11.3 Å². The van der Waals surface area contributed by atoms with Crippen LogP contribution in [0.2, 0.25) is 0 Å². The van der Waals surface area contributed by atoms with Crippen LogP contribution in [0.3, 0.4) is 0 Å². The number of rotatable bonds is 5. The lowest BCUT2D eigenvalue weighted by Crippen LogP contribution is -2.37. The third-order valence-electron chi connectivity index (χ3n) is 3.59. The van der Waals surface area contributed by atoms with E-state index in [9.17, 15) is 9.59 Å². The summed E-state index contributed by atoms with van der Waals surface area (Å²) in [5, 5.41) is 8.55. The zero-order valence-electron chi connectivity index (χ0n) is 13.2. The molecular formula is C16H23NO4. The normalized spacial score (nSPS) is 12.6. The Labute approximate surface area is 125 Å². The molecule has 0 aliphatic heterocycles. The molecule has 0 bridgehead atoms. The minimum atomic E-state index is -1.02. The minimum Gasteiger partial charge on any atom is -0.482 e. The number of hydrogen-bond donors (Lipinski definition) is 1. The second kappa shape index (κ2) is 6.61. The van der Waals surface area contributed by atoms with Gasteiger partial charge in [-0.15, -0.1) is 0 Å². The van der Waals surface area contributed by atoms with Crippen molar-refractivity contribution in [2.75, 3.05) is 18.6 Å². The van der Waals surface area contributed by atoms with Gasteiger partial charge in [0.15, 0.2) is 6.61 Å². The van der Waals surface area contributed by atoms with E-state index in [0.29, 0.717) is 5.75 Å². The third-order valence-corrected chi connectivity index (χ3v) is 3.59. The summed E-state index contributed by atoms with van der Waals surface area (Å²) in [5.41, 5.74) is 0.648. The van der Waals surface area contributed by atoms with Crippen LogP contribution in [0.5, 0.6) is 5.75 Å². The van der Waals surface area contributed by atoms with E-state index < -0.39 is 5.97 Å². The Bertz CT molecular complexity index is 502. The van der Waals surface area contributed by atoms with Crippen LogP contribution in [0.25, 0.3) is 0 Å². The Balaban J connectivity index is 2.77. The predicted octanol–water partition coefficient (Wildman–Crippen LogP) is 2.80. The van der Waals surface area contributed by atoms with Gasteiger partial charge in [-0.05, 0) is 29.7 Å². The number of hydrogen-bond acceptors (Lipinski definition) is 3. The summed E-state index contributed by atoms with van der Waals surface area (Å²) in [6.45, 7) is 7.64. The van der Waals surface area contributed by atoms with Gasteiger partial charge in [0.05, 0.1) is 0 Å². The number of anilines is 1. The van der Waals surface area contributed by atoms with Gasteiger partial charge in [0.1, 0.15) is 5.75 Å². The molecule has 1 atom stereocenters. The van der Waals surface area contributed by atoms with E-state index in [1.54, 1.807) is 36.2 Å². The van der Waals surface area contributed by atoms with E-state index in [-0.39, 0.29) is 23.8 Å². The highest BCUT2D eigenvalue weighted by molar-refractivity contribution is 5.94. The van der Waals surface area contributed by atoms with Crippen molar-refractivity contribution in [3.63, 3.8) is 0 Å². The number of carbonyl (C=O) groups excluding carboxylic acids is 1. The number of carbonyl (C=O) groups is 2. The van der Waals surface area contributed by atoms with Crippen molar-refractivity contribution in [3.05, 3.63) is 24.3 Å². The second-order valence-electron chi connectivity index (χ2n) is 6.16. The molecule has 1 aromatic rings. The molecule has 1 aromatic carbocycles. The van der Waals surface area contributed by atoms with Gasteiger partial charge in [0.2, 0.25) is 5.91 Å². The number of nitrogens with zero attached hydrogens (tertiary/aromatic N) is 1. The number of carboxylic acids is 1. The van der Waals surface area contributed by atoms with Crippen LogP contribution in [-0.2, 0) is 9.59 Å². The first-order valence-electron chi connectivity index (χ1n) is 6.85. The van der Waals surface area contributed by atoms with Crippen LogP contribution in [-0.4, -0.2) is 30.6 Å². The zero-order valence-corrected chi connectivity index (χ0v) is 13.2. The molecule has 1 unspecified atom stereocenters. The molecular weight excluding hydrogens is 270 g/mol. The fraction of sp³-hybridized carbons (Fsp3) is 0.500. The molecule has 0 aliphatic rings. The monoisotopic (exact) mass is 293 g/mol. The molecule has 0 aliphatic carbocycles. The lowest BCUT2D eigenvalue weighted by atomic mass is 9.81. The maximum Gasteiger partial charge on any atom is 0.341 e. The number of amides is 1. The van der Waals surface area contributed by atoms with Crippen LogP contribution in [0.15, 0.2) is 24.3 Å². The van der Waals surface area contributed by atoms with Gasteiger partial charge >= 0.3 is 5.97 Å². The van der Waals surface area contributed by atoms with E-state index in [2.05, 4.69) is 0 Å². The number of ether oxygens (including phenoxy) is 1. The molecule has 0 spiro atoms. The highest BCUT2D eigenvalue weighted by atomic mass is 16.5. The Morgan fingerprint density at radius 1 is 1.24 bits per heavy atom. The van der Waals surface area contributed by atoms with Gasteiger partial charge in [-0.2, -0.15) is 0 Å². The van der Waals surface area contributed by atoms with Gasteiger partial charge in [0.25, 0.3) is 0 Å². The van der Waals surface area contributed by atoms with Crippen molar-refractivity contribution in [2.45, 2.75) is 27.7 Å². The van der Waals surface area contributed by atoms with E-state index in [1.165, 1.54) is 0 Å². The summed E-state index contributed by atoms with van der Waals surface area (Å²) in [4.78, 5) is 24.4.